The summed E-state index contributed by atoms with van der Waals surface area (Å²) in [5, 5.41) is 19.0. The first-order chi connectivity index (χ1) is 14.5. The Morgan fingerprint density at radius 3 is 2.43 bits per heavy atom. The number of aliphatic hydroxyl groups is 1. The zero-order valence-electron chi connectivity index (χ0n) is 18.1. The van der Waals surface area contributed by atoms with Crippen molar-refractivity contribution in [3.63, 3.8) is 0 Å². The fraction of sp³-hybridized carbons (Fsp3) is 0.375. The molecule has 2 rings (SSSR count). The molecule has 6 heteroatoms. The summed E-state index contributed by atoms with van der Waals surface area (Å²) in [6.45, 7) is 5.47. The average molecular weight is 412 g/mol. The number of hydrogen-bond acceptors (Lipinski definition) is 5. The van der Waals surface area contributed by atoms with Crippen molar-refractivity contribution in [2.24, 2.45) is 0 Å². The van der Waals surface area contributed by atoms with Crippen molar-refractivity contribution in [1.29, 1.82) is 0 Å². The molecule has 1 atom stereocenters. The maximum Gasteiger partial charge on any atom is 0.270 e. The van der Waals surface area contributed by atoms with Crippen LogP contribution in [0.5, 0.6) is 0 Å². The van der Waals surface area contributed by atoms with Gasteiger partial charge in [-0.25, -0.2) is 0 Å². The standard InChI is InChI=1S/C24H33N3O3/c1-4-19-11-8-12-21(13-19)14-26-15-22(28)16-27-24(29)23(25-3)18(2)30-17-20-9-6-5-7-10-20/h5-13,22,25-26,28H,4,14-17H2,1-3H3,(H,27,29)/b23-18-. The minimum Gasteiger partial charge on any atom is -0.491 e. The van der Waals surface area contributed by atoms with Crippen LogP contribution in [0.3, 0.4) is 0 Å². The van der Waals surface area contributed by atoms with Crippen LogP contribution in [-0.4, -0.2) is 37.3 Å². The first kappa shape index (κ1) is 23.4. The molecule has 4 N–H and O–H groups in total. The van der Waals surface area contributed by atoms with Gasteiger partial charge in [0.05, 0.1) is 6.10 Å². The van der Waals surface area contributed by atoms with Gasteiger partial charge in [0.2, 0.25) is 0 Å². The van der Waals surface area contributed by atoms with Crippen molar-refractivity contribution in [2.75, 3.05) is 20.1 Å². The maximum absolute atomic E-state index is 12.5. The topological polar surface area (TPSA) is 82.6 Å². The Kier molecular flexibility index (Phi) is 9.91. The molecule has 0 aliphatic rings. The van der Waals surface area contributed by atoms with E-state index in [0.29, 0.717) is 31.2 Å². The highest BCUT2D eigenvalue weighted by molar-refractivity contribution is 5.93. The number of carbonyl (C=O) groups excluding carboxylic acids is 1. The summed E-state index contributed by atoms with van der Waals surface area (Å²) in [5.41, 5.74) is 3.84. The number of likely N-dealkylation sites (N-methyl/N-ethyl adjacent to an activating group) is 1. The van der Waals surface area contributed by atoms with Crippen molar-refractivity contribution in [2.45, 2.75) is 39.5 Å². The van der Waals surface area contributed by atoms with Gasteiger partial charge in [-0.15, -0.1) is 0 Å². The van der Waals surface area contributed by atoms with Crippen LogP contribution in [0, 0.1) is 0 Å². The van der Waals surface area contributed by atoms with Gasteiger partial charge in [-0.1, -0.05) is 61.5 Å². The Balaban J connectivity index is 1.76. The lowest BCUT2D eigenvalue weighted by molar-refractivity contribution is -0.118. The third-order valence-electron chi connectivity index (χ3n) is 4.73. The lowest BCUT2D eigenvalue weighted by Gasteiger charge is -2.16. The molecule has 2 aromatic rings. The van der Waals surface area contributed by atoms with E-state index in [2.05, 4.69) is 41.1 Å². The maximum atomic E-state index is 12.5. The smallest absolute Gasteiger partial charge is 0.270 e. The Labute approximate surface area is 179 Å². The molecule has 1 unspecified atom stereocenters. The van der Waals surface area contributed by atoms with Crippen LogP contribution < -0.4 is 16.0 Å². The van der Waals surface area contributed by atoms with Gasteiger partial charge in [0.1, 0.15) is 18.1 Å². The Morgan fingerprint density at radius 2 is 1.73 bits per heavy atom. The summed E-state index contributed by atoms with van der Waals surface area (Å²) < 4.78 is 5.72. The number of benzene rings is 2. The number of hydrogen-bond donors (Lipinski definition) is 4. The second-order valence-corrected chi connectivity index (χ2v) is 7.12. The zero-order valence-corrected chi connectivity index (χ0v) is 18.1. The molecule has 6 nitrogen and oxygen atoms in total. The summed E-state index contributed by atoms with van der Waals surface area (Å²) in [4.78, 5) is 12.5. The number of ether oxygens (including phenoxy) is 1. The molecule has 0 bridgehead atoms. The number of amides is 1. The van der Waals surface area contributed by atoms with Gasteiger partial charge in [-0.3, -0.25) is 4.79 Å². The van der Waals surface area contributed by atoms with Crippen LogP contribution in [0.25, 0.3) is 0 Å². The Bertz CT molecular complexity index is 821. The van der Waals surface area contributed by atoms with Gasteiger partial charge in [0, 0.05) is 26.7 Å². The van der Waals surface area contributed by atoms with Crippen molar-refractivity contribution in [1.82, 2.24) is 16.0 Å². The Morgan fingerprint density at radius 1 is 1.03 bits per heavy atom. The molecule has 0 fully saturated rings. The summed E-state index contributed by atoms with van der Waals surface area (Å²) >= 11 is 0. The summed E-state index contributed by atoms with van der Waals surface area (Å²) in [7, 11) is 1.67. The predicted octanol–water partition coefficient (Wildman–Crippen LogP) is 2.48. The quantitative estimate of drug-likeness (QED) is 0.319. The second kappa shape index (κ2) is 12.7. The number of allylic oxidation sites excluding steroid dienone is 1. The van der Waals surface area contributed by atoms with Crippen LogP contribution in [-0.2, 0) is 29.1 Å². The molecule has 0 aromatic heterocycles. The fourth-order valence-corrected chi connectivity index (χ4v) is 3.00. The van der Waals surface area contributed by atoms with Crippen LogP contribution in [0.15, 0.2) is 66.1 Å². The van der Waals surface area contributed by atoms with E-state index in [0.717, 1.165) is 12.0 Å². The predicted molar refractivity (Wildman–Crippen MR) is 120 cm³/mol. The van der Waals surface area contributed by atoms with Crippen LogP contribution in [0.1, 0.15) is 30.5 Å². The Hall–Kier alpha value is -2.83. The van der Waals surface area contributed by atoms with Gasteiger partial charge in [0.15, 0.2) is 0 Å². The highest BCUT2D eigenvalue weighted by Gasteiger charge is 2.14. The number of nitrogens with one attached hydrogen (secondary N) is 3. The van der Waals surface area contributed by atoms with Crippen molar-refractivity contribution in [3.8, 4) is 0 Å². The van der Waals surface area contributed by atoms with E-state index in [9.17, 15) is 9.90 Å². The molecular weight excluding hydrogens is 378 g/mol. The first-order valence-electron chi connectivity index (χ1n) is 10.3. The van der Waals surface area contributed by atoms with E-state index >= 15 is 0 Å². The fourth-order valence-electron chi connectivity index (χ4n) is 3.00. The number of carbonyl (C=O) groups is 1. The van der Waals surface area contributed by atoms with Gasteiger partial charge < -0.3 is 25.8 Å². The summed E-state index contributed by atoms with van der Waals surface area (Å²) in [6.07, 6.45) is 0.310. The minimum absolute atomic E-state index is 0.151. The van der Waals surface area contributed by atoms with Crippen molar-refractivity contribution < 1.29 is 14.6 Å². The third-order valence-corrected chi connectivity index (χ3v) is 4.73. The van der Waals surface area contributed by atoms with E-state index < -0.39 is 6.10 Å². The first-order valence-corrected chi connectivity index (χ1v) is 10.3. The second-order valence-electron chi connectivity index (χ2n) is 7.12. The molecule has 0 spiro atoms. The van der Waals surface area contributed by atoms with Crippen LogP contribution in [0.2, 0.25) is 0 Å². The highest BCUT2D eigenvalue weighted by Crippen LogP contribution is 2.09. The lowest BCUT2D eigenvalue weighted by Crippen LogP contribution is -2.40. The van der Waals surface area contributed by atoms with E-state index in [1.165, 1.54) is 11.1 Å². The number of aryl methyl sites for hydroxylation is 1. The van der Waals surface area contributed by atoms with E-state index in [1.54, 1.807) is 14.0 Å². The van der Waals surface area contributed by atoms with Gasteiger partial charge in [-0.2, -0.15) is 0 Å². The van der Waals surface area contributed by atoms with Crippen molar-refractivity contribution in [3.05, 3.63) is 82.7 Å². The molecule has 30 heavy (non-hydrogen) atoms. The number of aliphatic hydroxyl groups excluding tert-OH is 1. The normalized spacial score (nSPS) is 12.7. The molecule has 0 radical (unpaired) electrons. The zero-order chi connectivity index (χ0) is 21.8. The van der Waals surface area contributed by atoms with Crippen LogP contribution in [0.4, 0.5) is 0 Å². The molecule has 2 aromatic carbocycles. The molecule has 0 heterocycles. The summed E-state index contributed by atoms with van der Waals surface area (Å²) in [6, 6.07) is 18.1. The van der Waals surface area contributed by atoms with E-state index in [1.807, 2.05) is 36.4 Å². The molecule has 0 aliphatic carbocycles. The van der Waals surface area contributed by atoms with Crippen LogP contribution >= 0.6 is 0 Å². The number of rotatable bonds is 12. The van der Waals surface area contributed by atoms with Crippen molar-refractivity contribution >= 4 is 5.91 Å². The molecular formula is C24H33N3O3. The molecule has 0 saturated heterocycles. The average Bonchev–Trinajstić information content (AvgIpc) is 2.77. The lowest BCUT2D eigenvalue weighted by atomic mass is 10.1. The van der Waals surface area contributed by atoms with Gasteiger partial charge >= 0.3 is 0 Å². The third kappa shape index (κ3) is 7.89. The summed E-state index contributed by atoms with van der Waals surface area (Å²) in [5.74, 6) is 0.194. The van der Waals surface area contributed by atoms with Gasteiger partial charge in [-0.05, 0) is 30.0 Å². The largest absolute Gasteiger partial charge is 0.491 e. The van der Waals surface area contributed by atoms with Gasteiger partial charge in [0.25, 0.3) is 5.91 Å². The minimum atomic E-state index is -0.688. The molecule has 0 saturated carbocycles. The van der Waals surface area contributed by atoms with E-state index in [4.69, 9.17) is 4.74 Å². The molecule has 1 amide bonds. The molecule has 162 valence electrons. The highest BCUT2D eigenvalue weighted by atomic mass is 16.5. The molecule has 0 aliphatic heterocycles. The monoisotopic (exact) mass is 411 g/mol. The van der Waals surface area contributed by atoms with E-state index in [-0.39, 0.29) is 12.5 Å². The SMILES string of the molecule is CCc1cccc(CNCC(O)CNC(=O)/C(NC)=C(\C)OCc2ccccc2)c1.